The molecule has 2 aromatic carbocycles. The smallest absolute Gasteiger partial charge is 0.315 e. The van der Waals surface area contributed by atoms with Crippen molar-refractivity contribution in [3.8, 4) is 11.8 Å². The van der Waals surface area contributed by atoms with E-state index in [2.05, 4.69) is 21.9 Å². The number of amidine groups is 1. The molecule has 9 heteroatoms. The van der Waals surface area contributed by atoms with E-state index in [0.717, 1.165) is 18.0 Å². The van der Waals surface area contributed by atoms with Crippen molar-refractivity contribution in [2.45, 2.75) is 25.3 Å². The van der Waals surface area contributed by atoms with Crippen LogP contribution in [0.3, 0.4) is 0 Å². The molecule has 0 unspecified atom stereocenters. The molecule has 2 aromatic rings. The van der Waals surface area contributed by atoms with Crippen LogP contribution in [0.4, 0.5) is 19.3 Å². The highest BCUT2D eigenvalue weighted by atomic mass is 19.1. The van der Waals surface area contributed by atoms with Crippen molar-refractivity contribution in [2.75, 3.05) is 11.9 Å². The number of hydrogen-bond donors (Lipinski definition) is 0. The van der Waals surface area contributed by atoms with E-state index in [4.69, 9.17) is 0 Å². The Morgan fingerprint density at radius 3 is 2.46 bits per heavy atom. The summed E-state index contributed by atoms with van der Waals surface area (Å²) in [5.41, 5.74) is -0.541. The summed E-state index contributed by atoms with van der Waals surface area (Å²) in [7, 11) is 1.48. The molecule has 0 bridgehead atoms. The number of amides is 3. The Morgan fingerprint density at radius 1 is 1.06 bits per heavy atom. The number of halogens is 2. The number of carbonyl (C=O) groups is 2. The number of aliphatic imine (C=N–C) groups is 1. The number of anilines is 1. The fourth-order valence-electron chi connectivity index (χ4n) is 4.20. The quantitative estimate of drug-likeness (QED) is 0.476. The fourth-order valence-corrected chi connectivity index (χ4v) is 4.20. The molecule has 35 heavy (non-hydrogen) atoms. The van der Waals surface area contributed by atoms with Gasteiger partial charge in [-0.25, -0.2) is 18.5 Å². The Balaban J connectivity index is 1.45. The number of rotatable bonds is 2. The number of nitrogens with zero attached hydrogens (tertiary/aromatic N) is 5. The van der Waals surface area contributed by atoms with E-state index in [-0.39, 0.29) is 12.0 Å². The van der Waals surface area contributed by atoms with Gasteiger partial charge in [0.15, 0.2) is 24.0 Å². The van der Waals surface area contributed by atoms with Gasteiger partial charge >= 0.3 is 11.9 Å². The van der Waals surface area contributed by atoms with E-state index in [1.165, 1.54) is 11.9 Å². The number of likely N-dealkylation sites (N-methyl/N-ethyl adjacent to an activating group) is 1. The highest BCUT2D eigenvalue weighted by Gasteiger charge is 2.50. The minimum absolute atomic E-state index is 0.0880. The molecule has 0 aromatic heterocycles. The highest BCUT2D eigenvalue weighted by molar-refractivity contribution is 6.17. The SMILES string of the molecule is CN1C(=O)N(c2c(F)cc(C#Cc3ccccc3)cc2F)C(=O)C[C@@]1(C)C1=CCC2=NC=C[N+]2=N1. The molecule has 0 aliphatic carbocycles. The minimum atomic E-state index is -1.10. The number of fused-ring (bicyclic) bond motifs is 1. The minimum Gasteiger partial charge on any atom is -0.315 e. The van der Waals surface area contributed by atoms with Gasteiger partial charge in [-0.05, 0) is 42.3 Å². The molecule has 174 valence electrons. The third kappa shape index (κ3) is 3.83. The second-order valence-corrected chi connectivity index (χ2v) is 8.51. The van der Waals surface area contributed by atoms with Crippen molar-refractivity contribution >= 4 is 23.5 Å². The summed E-state index contributed by atoms with van der Waals surface area (Å²) in [6.07, 6.45) is 5.37. The van der Waals surface area contributed by atoms with Crippen molar-refractivity contribution in [3.63, 3.8) is 0 Å². The molecule has 3 aliphatic rings. The summed E-state index contributed by atoms with van der Waals surface area (Å²) in [6, 6.07) is 10.2. The van der Waals surface area contributed by atoms with Gasteiger partial charge in [0.25, 0.3) is 0 Å². The van der Waals surface area contributed by atoms with Crippen molar-refractivity contribution < 1.29 is 23.1 Å². The first-order valence-electron chi connectivity index (χ1n) is 10.9. The molecule has 0 N–H and O–H groups in total. The molecule has 7 nitrogen and oxygen atoms in total. The largest absolute Gasteiger partial charge is 0.332 e. The second kappa shape index (κ2) is 8.40. The van der Waals surface area contributed by atoms with Gasteiger partial charge in [0, 0.05) is 18.2 Å². The van der Waals surface area contributed by atoms with Gasteiger partial charge in [-0.1, -0.05) is 35.2 Å². The average molecular weight is 472 g/mol. The molecule has 3 amide bonds. The van der Waals surface area contributed by atoms with E-state index in [0.29, 0.717) is 22.6 Å². The summed E-state index contributed by atoms with van der Waals surface area (Å²) in [6.45, 7) is 1.70. The summed E-state index contributed by atoms with van der Waals surface area (Å²) < 4.78 is 31.7. The molecule has 1 fully saturated rings. The van der Waals surface area contributed by atoms with Crippen molar-refractivity contribution in [3.05, 3.63) is 89.4 Å². The molecule has 5 rings (SSSR count). The molecule has 0 radical (unpaired) electrons. The monoisotopic (exact) mass is 472 g/mol. The van der Waals surface area contributed by atoms with Crippen LogP contribution < -0.4 is 4.90 Å². The van der Waals surface area contributed by atoms with E-state index >= 15 is 8.78 Å². The summed E-state index contributed by atoms with van der Waals surface area (Å²) >= 11 is 0. The van der Waals surface area contributed by atoms with Gasteiger partial charge in [0.2, 0.25) is 5.91 Å². The Labute approximate surface area is 200 Å². The number of benzene rings is 2. The maximum atomic E-state index is 15.1. The molecule has 0 saturated carbocycles. The first-order valence-corrected chi connectivity index (χ1v) is 10.9. The van der Waals surface area contributed by atoms with E-state index in [9.17, 15) is 9.59 Å². The van der Waals surface area contributed by atoms with Gasteiger partial charge in [-0.2, -0.15) is 0 Å². The van der Waals surface area contributed by atoms with Crippen molar-refractivity contribution in [1.29, 1.82) is 0 Å². The Hall–Kier alpha value is -4.45. The molecular weight excluding hydrogens is 452 g/mol. The maximum absolute atomic E-state index is 15.1. The van der Waals surface area contributed by atoms with Crippen LogP contribution in [0.5, 0.6) is 0 Å². The number of urea groups is 1. The third-order valence-corrected chi connectivity index (χ3v) is 6.27. The zero-order valence-corrected chi connectivity index (χ0v) is 19.0. The normalized spacial score (nSPS) is 21.2. The van der Waals surface area contributed by atoms with Crippen LogP contribution in [0, 0.1) is 23.5 Å². The van der Waals surface area contributed by atoms with Gasteiger partial charge in [-0.3, -0.25) is 4.79 Å². The molecule has 3 aliphatic heterocycles. The Bertz CT molecular complexity index is 1430. The summed E-state index contributed by atoms with van der Waals surface area (Å²) in [4.78, 5) is 32.4. The number of carbonyl (C=O) groups excluding carboxylic acids is 2. The van der Waals surface area contributed by atoms with Crippen LogP contribution in [0.2, 0.25) is 0 Å². The summed E-state index contributed by atoms with van der Waals surface area (Å²) in [5.74, 6) is 3.44. The lowest BCUT2D eigenvalue weighted by atomic mass is 9.88. The van der Waals surface area contributed by atoms with E-state index in [1.54, 1.807) is 54.4 Å². The van der Waals surface area contributed by atoms with Gasteiger partial charge in [0.1, 0.15) is 11.4 Å². The summed E-state index contributed by atoms with van der Waals surface area (Å²) in [5, 5.41) is 4.50. The van der Waals surface area contributed by atoms with Gasteiger partial charge < -0.3 is 4.90 Å². The lowest BCUT2D eigenvalue weighted by Gasteiger charge is -2.45. The predicted molar refractivity (Wildman–Crippen MR) is 124 cm³/mol. The van der Waals surface area contributed by atoms with Crippen molar-refractivity contribution in [2.24, 2.45) is 10.1 Å². The van der Waals surface area contributed by atoms with Crippen molar-refractivity contribution in [1.82, 2.24) is 4.90 Å². The van der Waals surface area contributed by atoms with E-state index < -0.39 is 34.8 Å². The van der Waals surface area contributed by atoms with E-state index in [1.807, 2.05) is 6.07 Å². The van der Waals surface area contributed by atoms with Crippen LogP contribution in [0.15, 0.2) is 76.7 Å². The Kier molecular flexibility index (Phi) is 5.36. The number of azo groups is 2. The Morgan fingerprint density at radius 2 is 1.74 bits per heavy atom. The van der Waals surface area contributed by atoms with Crippen LogP contribution in [0.1, 0.15) is 30.9 Å². The van der Waals surface area contributed by atoms with Crippen LogP contribution in [0.25, 0.3) is 0 Å². The average Bonchev–Trinajstić information content (AvgIpc) is 3.32. The van der Waals surface area contributed by atoms with Crippen LogP contribution in [-0.2, 0) is 4.79 Å². The second-order valence-electron chi connectivity index (χ2n) is 8.51. The predicted octanol–water partition coefficient (Wildman–Crippen LogP) is 4.55. The van der Waals surface area contributed by atoms with Gasteiger partial charge in [-0.15, -0.1) is 4.70 Å². The fraction of sp³-hybridized carbons (Fsp3) is 0.192. The lowest BCUT2D eigenvalue weighted by Crippen LogP contribution is -2.62. The van der Waals surface area contributed by atoms with Crippen LogP contribution in [-0.4, -0.2) is 40.0 Å². The number of imide groups is 1. The zero-order chi connectivity index (χ0) is 24.7. The van der Waals surface area contributed by atoms with Gasteiger partial charge in [0.05, 0.1) is 18.4 Å². The molecular formula is C26H20F2N5O2+. The molecule has 1 saturated heterocycles. The first-order chi connectivity index (χ1) is 16.8. The standard InChI is InChI=1S/C26H20F2N5O2/c1-26(21-10-11-22-29-12-13-32(22)30-21)16-23(34)33(25(35)31(26)2)24-19(27)14-18(15-20(24)28)9-8-17-6-4-3-5-7-17/h3-7,10,12-15H,11,16H2,1-2H3/q+1/t26-/m0/s1. The topological polar surface area (TPSA) is 68.3 Å². The lowest BCUT2D eigenvalue weighted by molar-refractivity contribution is -0.405. The first kappa shape index (κ1) is 22.3. The highest BCUT2D eigenvalue weighted by Crippen LogP contribution is 2.38. The number of hydrogen-bond acceptors (Lipinski definition) is 4. The zero-order valence-electron chi connectivity index (χ0n) is 19.0. The maximum Gasteiger partial charge on any atom is 0.332 e. The van der Waals surface area contributed by atoms with Crippen LogP contribution >= 0.6 is 0 Å². The third-order valence-electron chi connectivity index (χ3n) is 6.27. The molecule has 0 spiro atoms. The molecule has 3 heterocycles. The molecule has 1 atom stereocenters.